The van der Waals surface area contributed by atoms with Gasteiger partial charge >= 0.3 is 5.97 Å². The summed E-state index contributed by atoms with van der Waals surface area (Å²) >= 11 is 0. The second-order valence-corrected chi connectivity index (χ2v) is 6.04. The first kappa shape index (κ1) is 19.5. The third-order valence-corrected chi connectivity index (χ3v) is 3.41. The van der Waals surface area contributed by atoms with E-state index < -0.39 is 53.3 Å². The SMILES string of the molecule is C[C@H](NC(=O)[C@@H](N)CCS(C)=O)C(=O)N[C@@H](CO)C(=O)O. The van der Waals surface area contributed by atoms with Gasteiger partial charge in [0.2, 0.25) is 11.8 Å². The molecule has 2 amide bonds. The molecule has 0 saturated heterocycles. The molecule has 0 bridgehead atoms. The Morgan fingerprint density at radius 2 is 1.81 bits per heavy atom. The normalized spacial score (nSPS) is 16.4. The molecule has 4 atom stereocenters. The number of nitrogens with one attached hydrogen (secondary N) is 2. The Morgan fingerprint density at radius 1 is 1.24 bits per heavy atom. The van der Waals surface area contributed by atoms with E-state index in [1.54, 1.807) is 0 Å². The molecule has 0 aromatic carbocycles. The fourth-order valence-electron chi connectivity index (χ4n) is 1.29. The average Bonchev–Trinajstić information content (AvgIpc) is 2.40. The van der Waals surface area contributed by atoms with E-state index in [2.05, 4.69) is 10.6 Å². The molecule has 9 nitrogen and oxygen atoms in total. The summed E-state index contributed by atoms with van der Waals surface area (Å²) in [5.74, 6) is -2.47. The monoisotopic (exact) mass is 323 g/mol. The summed E-state index contributed by atoms with van der Waals surface area (Å²) < 4.78 is 10.9. The first-order valence-corrected chi connectivity index (χ1v) is 7.91. The summed E-state index contributed by atoms with van der Waals surface area (Å²) in [5.41, 5.74) is 5.58. The second-order valence-electron chi connectivity index (χ2n) is 4.48. The number of amides is 2. The smallest absolute Gasteiger partial charge is 0.328 e. The lowest BCUT2D eigenvalue weighted by Gasteiger charge is -2.19. The van der Waals surface area contributed by atoms with Gasteiger partial charge in [-0.2, -0.15) is 0 Å². The molecular formula is C11H21N3O6S. The van der Waals surface area contributed by atoms with Gasteiger partial charge in [0.1, 0.15) is 12.1 Å². The molecule has 0 radical (unpaired) electrons. The van der Waals surface area contributed by atoms with Crippen molar-refractivity contribution in [1.29, 1.82) is 0 Å². The summed E-state index contributed by atoms with van der Waals surface area (Å²) in [6, 6.07) is -3.35. The highest BCUT2D eigenvalue weighted by molar-refractivity contribution is 7.84. The van der Waals surface area contributed by atoms with Crippen LogP contribution < -0.4 is 16.4 Å². The van der Waals surface area contributed by atoms with E-state index in [0.29, 0.717) is 0 Å². The Balaban J connectivity index is 4.36. The van der Waals surface area contributed by atoms with Gasteiger partial charge < -0.3 is 26.6 Å². The van der Waals surface area contributed by atoms with E-state index in [0.717, 1.165) is 0 Å². The zero-order valence-corrected chi connectivity index (χ0v) is 12.7. The molecule has 0 aliphatic carbocycles. The number of nitrogens with two attached hydrogens (primary N) is 1. The van der Waals surface area contributed by atoms with Crippen molar-refractivity contribution in [3.8, 4) is 0 Å². The van der Waals surface area contributed by atoms with Gasteiger partial charge in [-0.1, -0.05) is 0 Å². The van der Waals surface area contributed by atoms with E-state index in [4.69, 9.17) is 15.9 Å². The second kappa shape index (κ2) is 9.42. The van der Waals surface area contributed by atoms with Crippen LogP contribution in [0, 0.1) is 0 Å². The minimum absolute atomic E-state index is 0.206. The van der Waals surface area contributed by atoms with Gasteiger partial charge in [0.25, 0.3) is 0 Å². The number of aliphatic hydroxyl groups excluding tert-OH is 1. The predicted molar refractivity (Wildman–Crippen MR) is 75.8 cm³/mol. The number of aliphatic carboxylic acids is 1. The van der Waals surface area contributed by atoms with Crippen molar-refractivity contribution >= 4 is 28.6 Å². The number of hydrogen-bond donors (Lipinski definition) is 5. The Morgan fingerprint density at radius 3 is 2.24 bits per heavy atom. The average molecular weight is 323 g/mol. The molecule has 0 spiro atoms. The molecule has 0 fully saturated rings. The van der Waals surface area contributed by atoms with Crippen molar-refractivity contribution in [3.05, 3.63) is 0 Å². The highest BCUT2D eigenvalue weighted by Crippen LogP contribution is 1.94. The molecule has 0 rings (SSSR count). The molecule has 122 valence electrons. The Kier molecular flexibility index (Phi) is 8.74. The lowest BCUT2D eigenvalue weighted by molar-refractivity contribution is -0.143. The highest BCUT2D eigenvalue weighted by Gasteiger charge is 2.24. The molecule has 6 N–H and O–H groups in total. The van der Waals surface area contributed by atoms with Gasteiger partial charge in [-0.25, -0.2) is 4.79 Å². The molecule has 0 heterocycles. The van der Waals surface area contributed by atoms with Crippen molar-refractivity contribution in [2.75, 3.05) is 18.6 Å². The molecule has 21 heavy (non-hydrogen) atoms. The van der Waals surface area contributed by atoms with Crippen LogP contribution in [0.15, 0.2) is 0 Å². The minimum atomic E-state index is -1.44. The maximum atomic E-state index is 11.7. The first-order valence-electron chi connectivity index (χ1n) is 6.19. The van der Waals surface area contributed by atoms with Crippen LogP contribution in [0.2, 0.25) is 0 Å². The van der Waals surface area contributed by atoms with Gasteiger partial charge in [-0.05, 0) is 13.3 Å². The third kappa shape index (κ3) is 7.73. The van der Waals surface area contributed by atoms with E-state index in [1.165, 1.54) is 13.2 Å². The Bertz CT molecular complexity index is 417. The largest absolute Gasteiger partial charge is 0.480 e. The van der Waals surface area contributed by atoms with Crippen molar-refractivity contribution in [2.45, 2.75) is 31.5 Å². The maximum absolute atomic E-state index is 11.7. The first-order chi connectivity index (χ1) is 9.68. The lowest BCUT2D eigenvalue weighted by Crippen LogP contribution is -2.54. The number of carboxylic acids is 1. The van der Waals surface area contributed by atoms with Crippen LogP contribution in [0.4, 0.5) is 0 Å². The van der Waals surface area contributed by atoms with Crippen LogP contribution in [-0.2, 0) is 25.2 Å². The topological polar surface area (TPSA) is 159 Å². The quantitative estimate of drug-likeness (QED) is 0.305. The van der Waals surface area contributed by atoms with E-state index in [1.807, 2.05) is 0 Å². The number of carbonyl (C=O) groups excluding carboxylic acids is 2. The molecule has 1 unspecified atom stereocenters. The van der Waals surface area contributed by atoms with Crippen molar-refractivity contribution in [2.24, 2.45) is 5.73 Å². The van der Waals surface area contributed by atoms with Gasteiger partial charge in [-0.15, -0.1) is 0 Å². The zero-order chi connectivity index (χ0) is 16.6. The van der Waals surface area contributed by atoms with Crippen LogP contribution in [0.5, 0.6) is 0 Å². The summed E-state index contributed by atoms with van der Waals surface area (Å²) in [6.07, 6.45) is 1.69. The Labute approximate surface area is 124 Å². The van der Waals surface area contributed by atoms with Crippen LogP contribution in [-0.4, -0.2) is 68.9 Å². The van der Waals surface area contributed by atoms with E-state index >= 15 is 0 Å². The summed E-state index contributed by atoms with van der Waals surface area (Å²) in [7, 11) is -1.07. The fraction of sp³-hybridized carbons (Fsp3) is 0.727. The molecule has 0 aliphatic rings. The van der Waals surface area contributed by atoms with Gasteiger partial charge in [0.05, 0.1) is 12.6 Å². The van der Waals surface area contributed by atoms with Crippen molar-refractivity contribution < 1.29 is 28.8 Å². The molecule has 0 aliphatic heterocycles. The van der Waals surface area contributed by atoms with Gasteiger partial charge in [-0.3, -0.25) is 13.8 Å². The highest BCUT2D eigenvalue weighted by atomic mass is 32.2. The summed E-state index contributed by atoms with van der Waals surface area (Å²) in [6.45, 7) is 0.595. The predicted octanol–water partition coefficient (Wildman–Crippen LogP) is -2.85. The number of hydrogen-bond acceptors (Lipinski definition) is 6. The Hall–Kier alpha value is -1.52. The van der Waals surface area contributed by atoms with Gasteiger partial charge in [0, 0.05) is 22.8 Å². The summed E-state index contributed by atoms with van der Waals surface area (Å²) in [5, 5.41) is 21.9. The fourth-order valence-corrected chi connectivity index (χ4v) is 1.88. The van der Waals surface area contributed by atoms with Crippen LogP contribution in [0.25, 0.3) is 0 Å². The van der Waals surface area contributed by atoms with Crippen LogP contribution in [0.1, 0.15) is 13.3 Å². The molecule has 0 saturated carbocycles. The number of carboxylic acid groups (broad SMARTS) is 1. The molecular weight excluding hydrogens is 302 g/mol. The van der Waals surface area contributed by atoms with Crippen molar-refractivity contribution in [1.82, 2.24) is 10.6 Å². The van der Waals surface area contributed by atoms with Gasteiger partial charge in [0.15, 0.2) is 0 Å². The van der Waals surface area contributed by atoms with E-state index in [9.17, 15) is 18.6 Å². The van der Waals surface area contributed by atoms with Crippen LogP contribution in [0.3, 0.4) is 0 Å². The summed E-state index contributed by atoms with van der Waals surface area (Å²) in [4.78, 5) is 34.0. The van der Waals surface area contributed by atoms with Crippen LogP contribution >= 0.6 is 0 Å². The molecule has 10 heteroatoms. The molecule has 0 aromatic heterocycles. The lowest BCUT2D eigenvalue weighted by atomic mass is 10.2. The van der Waals surface area contributed by atoms with E-state index in [-0.39, 0.29) is 12.2 Å². The number of aliphatic hydroxyl groups is 1. The van der Waals surface area contributed by atoms with Crippen molar-refractivity contribution in [3.63, 3.8) is 0 Å². The molecule has 0 aromatic rings. The third-order valence-electron chi connectivity index (χ3n) is 2.60. The number of rotatable bonds is 9. The standard InChI is InChI=1S/C11H21N3O6S/c1-6(9(16)14-8(5-15)11(18)19)13-10(17)7(12)3-4-21(2)20/h6-8,15H,3-5,12H2,1-2H3,(H,13,17)(H,14,16)(H,18,19)/t6-,7-,8-,21?/m0/s1. The zero-order valence-electron chi connectivity index (χ0n) is 11.9. The number of carbonyl (C=O) groups is 3. The maximum Gasteiger partial charge on any atom is 0.328 e. The minimum Gasteiger partial charge on any atom is -0.480 e.